The molecule has 1 spiro atoms. The Kier molecular flexibility index (Phi) is 6.83. The third-order valence-corrected chi connectivity index (χ3v) is 8.76. The maximum atomic E-state index is 15.2. The number of nitrogens with one attached hydrogen (secondary N) is 1. The van der Waals surface area contributed by atoms with Crippen LogP contribution in [0.15, 0.2) is 18.2 Å². The highest BCUT2D eigenvalue weighted by molar-refractivity contribution is 5.92. The number of aliphatic hydroxyl groups excluding tert-OH is 1. The van der Waals surface area contributed by atoms with Crippen molar-refractivity contribution in [3.63, 3.8) is 0 Å². The lowest BCUT2D eigenvalue weighted by Gasteiger charge is -2.41. The summed E-state index contributed by atoms with van der Waals surface area (Å²) in [7, 11) is 0. The fourth-order valence-electron chi connectivity index (χ4n) is 6.73. The summed E-state index contributed by atoms with van der Waals surface area (Å²) in [4.78, 5) is 30.2. The number of hydrogen-bond donors (Lipinski definition) is 2. The van der Waals surface area contributed by atoms with Crippen molar-refractivity contribution < 1.29 is 19.1 Å². The number of rotatable bonds is 4. The lowest BCUT2D eigenvalue weighted by atomic mass is 9.78. The first-order valence-corrected chi connectivity index (χ1v) is 13.3. The number of likely N-dealkylation sites (tertiary alicyclic amines) is 1. The predicted molar refractivity (Wildman–Crippen MR) is 130 cm³/mol. The first kappa shape index (κ1) is 23.6. The van der Waals surface area contributed by atoms with Gasteiger partial charge in [0.1, 0.15) is 5.82 Å². The van der Waals surface area contributed by atoms with Crippen molar-refractivity contribution in [2.75, 3.05) is 29.9 Å². The minimum absolute atomic E-state index is 0.00403. The number of carbonyl (C=O) groups is 2. The van der Waals surface area contributed by atoms with Crippen LogP contribution in [0.1, 0.15) is 77.0 Å². The first-order chi connectivity index (χ1) is 16.4. The number of anilines is 2. The van der Waals surface area contributed by atoms with Gasteiger partial charge in [0, 0.05) is 37.3 Å². The number of piperidine rings is 1. The molecule has 2 saturated carbocycles. The van der Waals surface area contributed by atoms with Crippen molar-refractivity contribution in [2.24, 2.45) is 11.3 Å². The van der Waals surface area contributed by atoms with E-state index in [1.165, 1.54) is 12.5 Å². The molecule has 7 heteroatoms. The number of nitrogens with zero attached hydrogens (tertiary/aromatic N) is 2. The van der Waals surface area contributed by atoms with E-state index >= 15 is 4.39 Å². The smallest absolute Gasteiger partial charge is 0.230 e. The predicted octanol–water partition coefficient (Wildman–Crippen LogP) is 4.47. The van der Waals surface area contributed by atoms with Crippen LogP contribution in [0.25, 0.3) is 0 Å². The minimum Gasteiger partial charge on any atom is -0.393 e. The van der Waals surface area contributed by atoms with Crippen molar-refractivity contribution in [3.05, 3.63) is 24.0 Å². The second-order valence-corrected chi connectivity index (χ2v) is 11.0. The summed E-state index contributed by atoms with van der Waals surface area (Å²) in [5.41, 5.74) is 0.585. The number of carbonyl (C=O) groups excluding carboxylic acids is 2. The summed E-state index contributed by atoms with van der Waals surface area (Å²) in [6.07, 6.45) is 10.8. The molecule has 1 unspecified atom stereocenters. The summed E-state index contributed by atoms with van der Waals surface area (Å²) in [6, 6.07) is 5.20. The average Bonchev–Trinajstić information content (AvgIpc) is 3.15. The van der Waals surface area contributed by atoms with E-state index in [1.807, 2.05) is 4.90 Å². The van der Waals surface area contributed by atoms with E-state index in [2.05, 4.69) is 10.2 Å². The zero-order valence-electron chi connectivity index (χ0n) is 20.1. The van der Waals surface area contributed by atoms with Gasteiger partial charge in [-0.2, -0.15) is 0 Å². The Balaban J connectivity index is 1.24. The van der Waals surface area contributed by atoms with Crippen LogP contribution < -0.4 is 10.2 Å². The van der Waals surface area contributed by atoms with Crippen LogP contribution >= 0.6 is 0 Å². The van der Waals surface area contributed by atoms with E-state index in [0.29, 0.717) is 17.9 Å². The Hall–Kier alpha value is -2.15. The zero-order chi connectivity index (χ0) is 23.7. The third-order valence-electron chi connectivity index (χ3n) is 8.76. The summed E-state index contributed by atoms with van der Waals surface area (Å²) >= 11 is 0. The highest BCUT2D eigenvalue weighted by atomic mass is 19.1. The van der Waals surface area contributed by atoms with Crippen LogP contribution in [0, 0.1) is 17.2 Å². The fraction of sp³-hybridized carbons (Fsp3) is 0.704. The Morgan fingerprint density at radius 3 is 2.50 bits per heavy atom. The largest absolute Gasteiger partial charge is 0.393 e. The van der Waals surface area contributed by atoms with Gasteiger partial charge >= 0.3 is 0 Å². The van der Waals surface area contributed by atoms with Crippen LogP contribution in [-0.2, 0) is 9.59 Å². The minimum atomic E-state index is -0.436. The van der Waals surface area contributed by atoms with E-state index in [0.717, 1.165) is 83.7 Å². The molecule has 34 heavy (non-hydrogen) atoms. The highest BCUT2D eigenvalue weighted by Crippen LogP contribution is 2.44. The van der Waals surface area contributed by atoms with Gasteiger partial charge in [-0.25, -0.2) is 4.39 Å². The van der Waals surface area contributed by atoms with Gasteiger partial charge in [-0.15, -0.1) is 0 Å². The fourth-order valence-corrected chi connectivity index (χ4v) is 6.73. The van der Waals surface area contributed by atoms with Crippen molar-refractivity contribution in [3.8, 4) is 0 Å². The molecule has 1 aromatic rings. The average molecular weight is 472 g/mol. The third kappa shape index (κ3) is 4.68. The van der Waals surface area contributed by atoms with Crippen LogP contribution in [0.3, 0.4) is 0 Å². The number of benzene rings is 1. The molecule has 0 aromatic heterocycles. The SMILES string of the molecule is O=C(Nc1ccc(N2CCCC3(CCN([C@H]4CC[C@H](O)CC4)C3=O)C2)c(F)c1)C1CCCCC1. The van der Waals surface area contributed by atoms with Crippen LogP contribution in [-0.4, -0.2) is 53.6 Å². The Bertz CT molecular complexity index is 910. The lowest BCUT2D eigenvalue weighted by Crippen LogP contribution is -2.50. The first-order valence-electron chi connectivity index (χ1n) is 13.3. The molecule has 2 saturated heterocycles. The van der Waals surface area contributed by atoms with Crippen molar-refractivity contribution in [1.82, 2.24) is 4.90 Å². The topological polar surface area (TPSA) is 72.9 Å². The van der Waals surface area contributed by atoms with Gasteiger partial charge in [0.2, 0.25) is 11.8 Å². The van der Waals surface area contributed by atoms with Crippen LogP contribution in [0.5, 0.6) is 0 Å². The molecule has 0 radical (unpaired) electrons. The molecule has 0 bridgehead atoms. The molecule has 2 amide bonds. The van der Waals surface area contributed by atoms with Gasteiger partial charge in [-0.1, -0.05) is 19.3 Å². The molecule has 5 rings (SSSR count). The number of hydrogen-bond acceptors (Lipinski definition) is 4. The summed E-state index contributed by atoms with van der Waals surface area (Å²) in [6.45, 7) is 2.04. The van der Waals surface area contributed by atoms with Crippen molar-refractivity contribution in [1.29, 1.82) is 0 Å². The molecule has 2 aliphatic heterocycles. The van der Waals surface area contributed by atoms with E-state index < -0.39 is 5.41 Å². The number of amides is 2. The zero-order valence-corrected chi connectivity index (χ0v) is 20.1. The van der Waals surface area contributed by atoms with E-state index in [9.17, 15) is 14.7 Å². The molecule has 2 heterocycles. The molecule has 4 fully saturated rings. The molecule has 4 aliphatic rings. The van der Waals surface area contributed by atoms with Gasteiger partial charge in [-0.05, 0) is 76.0 Å². The monoisotopic (exact) mass is 471 g/mol. The van der Waals surface area contributed by atoms with E-state index in [1.54, 1.807) is 12.1 Å². The maximum absolute atomic E-state index is 15.2. The van der Waals surface area contributed by atoms with E-state index in [-0.39, 0.29) is 35.7 Å². The standard InChI is InChI=1S/C27H38FN3O3/c28-23-17-20(29-25(33)19-5-2-1-3-6-19)7-12-24(23)30-15-4-13-27(18-30)14-16-31(26(27)34)21-8-10-22(32)11-9-21/h7,12,17,19,21-22,32H,1-6,8-11,13-16,18H2,(H,29,33)/t21-,22-,27?. The molecule has 6 nitrogen and oxygen atoms in total. The Morgan fingerprint density at radius 2 is 1.76 bits per heavy atom. The molecule has 1 aromatic carbocycles. The second-order valence-electron chi connectivity index (χ2n) is 11.0. The Morgan fingerprint density at radius 1 is 1.00 bits per heavy atom. The number of halogens is 1. The summed E-state index contributed by atoms with van der Waals surface area (Å²) < 4.78 is 15.2. The van der Waals surface area contributed by atoms with Crippen molar-refractivity contribution >= 4 is 23.2 Å². The molecule has 2 N–H and O–H groups in total. The second kappa shape index (κ2) is 9.84. The van der Waals surface area contributed by atoms with Gasteiger partial charge in [0.15, 0.2) is 0 Å². The molecular weight excluding hydrogens is 433 g/mol. The number of aliphatic hydroxyl groups is 1. The molecule has 186 valence electrons. The van der Waals surface area contributed by atoms with Gasteiger partial charge < -0.3 is 20.2 Å². The normalized spacial score (nSPS) is 30.7. The van der Waals surface area contributed by atoms with Crippen LogP contribution in [0.2, 0.25) is 0 Å². The quantitative estimate of drug-likeness (QED) is 0.680. The summed E-state index contributed by atoms with van der Waals surface area (Å²) in [5.74, 6) is -0.102. The van der Waals surface area contributed by atoms with Crippen LogP contribution in [0.4, 0.5) is 15.8 Å². The van der Waals surface area contributed by atoms with E-state index in [4.69, 9.17) is 0 Å². The van der Waals surface area contributed by atoms with Gasteiger partial charge in [-0.3, -0.25) is 9.59 Å². The summed E-state index contributed by atoms with van der Waals surface area (Å²) in [5, 5.41) is 12.7. The molecular formula is C27H38FN3O3. The molecule has 2 aliphatic carbocycles. The lowest BCUT2D eigenvalue weighted by molar-refractivity contribution is -0.139. The van der Waals surface area contributed by atoms with Gasteiger partial charge in [0.05, 0.1) is 17.2 Å². The Labute approximate surface area is 201 Å². The van der Waals surface area contributed by atoms with Gasteiger partial charge in [0.25, 0.3) is 0 Å². The van der Waals surface area contributed by atoms with Crippen molar-refractivity contribution in [2.45, 2.75) is 89.2 Å². The maximum Gasteiger partial charge on any atom is 0.230 e. The highest BCUT2D eigenvalue weighted by Gasteiger charge is 2.50. The molecule has 1 atom stereocenters.